The van der Waals surface area contributed by atoms with Gasteiger partial charge in [-0.1, -0.05) is 48.0 Å². The van der Waals surface area contributed by atoms with Gasteiger partial charge in [0, 0.05) is 30.6 Å². The molecule has 0 saturated heterocycles. The Morgan fingerprint density at radius 2 is 1.82 bits per heavy atom. The van der Waals surface area contributed by atoms with Crippen molar-refractivity contribution in [1.29, 1.82) is 0 Å². The fraction of sp³-hybridized carbons (Fsp3) is 0.280. The second-order valence-corrected chi connectivity index (χ2v) is 10.2. The Kier molecular flexibility index (Phi) is 7.04. The molecular weight excluding hydrogens is 474 g/mol. The lowest BCUT2D eigenvalue weighted by Gasteiger charge is -2.29. The summed E-state index contributed by atoms with van der Waals surface area (Å²) in [6.07, 6.45) is 0. The molecule has 0 amide bonds. The van der Waals surface area contributed by atoms with Crippen LogP contribution in [0.2, 0.25) is 5.02 Å². The molecule has 0 aliphatic rings. The molecule has 1 unspecified atom stereocenters. The minimum absolute atomic E-state index is 0.0936. The van der Waals surface area contributed by atoms with E-state index in [0.29, 0.717) is 33.7 Å². The van der Waals surface area contributed by atoms with Gasteiger partial charge in [0.25, 0.3) is 5.56 Å². The van der Waals surface area contributed by atoms with E-state index in [4.69, 9.17) is 21.3 Å². The van der Waals surface area contributed by atoms with Crippen molar-refractivity contribution < 1.29 is 13.2 Å². The second kappa shape index (κ2) is 9.84. The topological polar surface area (TPSA) is 81.5 Å². The van der Waals surface area contributed by atoms with E-state index in [2.05, 4.69) is 0 Å². The average molecular weight is 500 g/mol. The number of fused-ring (bicyclic) bond motifs is 2. The molecule has 3 aromatic carbocycles. The van der Waals surface area contributed by atoms with Crippen LogP contribution < -0.4 is 5.56 Å². The maximum Gasteiger partial charge on any atom is 0.261 e. The highest BCUT2D eigenvalue weighted by Gasteiger charge is 2.33. The minimum Gasteiger partial charge on any atom is -0.383 e. The van der Waals surface area contributed by atoms with Gasteiger partial charge in [0.15, 0.2) is 0 Å². The van der Waals surface area contributed by atoms with E-state index >= 15 is 0 Å². The maximum absolute atomic E-state index is 14.0. The van der Waals surface area contributed by atoms with E-state index in [-0.39, 0.29) is 23.6 Å². The zero-order valence-corrected chi connectivity index (χ0v) is 20.8. The lowest BCUT2D eigenvalue weighted by atomic mass is 10.1. The fourth-order valence-corrected chi connectivity index (χ4v) is 6.17. The molecule has 34 heavy (non-hydrogen) atoms. The van der Waals surface area contributed by atoms with Crippen LogP contribution in [0.3, 0.4) is 0 Å². The molecule has 0 bridgehead atoms. The molecule has 0 saturated carbocycles. The predicted molar refractivity (Wildman–Crippen MR) is 135 cm³/mol. The molecule has 178 valence electrons. The van der Waals surface area contributed by atoms with E-state index in [9.17, 15) is 13.2 Å². The van der Waals surface area contributed by atoms with Crippen LogP contribution in [0.15, 0.2) is 70.4 Å². The molecule has 1 aromatic heterocycles. The van der Waals surface area contributed by atoms with Crippen molar-refractivity contribution in [3.63, 3.8) is 0 Å². The number of ether oxygens (including phenoxy) is 1. The highest BCUT2D eigenvalue weighted by molar-refractivity contribution is 7.89. The van der Waals surface area contributed by atoms with Gasteiger partial charge in [-0.15, -0.1) is 0 Å². The summed E-state index contributed by atoms with van der Waals surface area (Å²) in [7, 11) is -2.46. The number of hydrogen-bond donors (Lipinski definition) is 0. The van der Waals surface area contributed by atoms with Crippen LogP contribution in [0, 0.1) is 0 Å². The zero-order chi connectivity index (χ0) is 24.5. The molecule has 0 aliphatic heterocycles. The van der Waals surface area contributed by atoms with Crippen LogP contribution in [-0.4, -0.2) is 42.5 Å². The molecule has 0 N–H and O–H groups in total. The van der Waals surface area contributed by atoms with Crippen LogP contribution in [0.25, 0.3) is 21.7 Å². The number of rotatable bonds is 8. The molecule has 7 nitrogen and oxygen atoms in total. The van der Waals surface area contributed by atoms with Gasteiger partial charge in [-0.3, -0.25) is 9.36 Å². The SMILES string of the molecule is CCn1c(C(C)N(CCOC)S(=O)(=O)c2cccc3ccccc23)nc2cc(Cl)ccc2c1=O. The summed E-state index contributed by atoms with van der Waals surface area (Å²) in [6, 6.07) is 16.7. The first-order chi connectivity index (χ1) is 16.3. The van der Waals surface area contributed by atoms with Crippen molar-refractivity contribution >= 4 is 43.3 Å². The summed E-state index contributed by atoms with van der Waals surface area (Å²) >= 11 is 6.14. The molecule has 1 atom stereocenters. The molecule has 0 aliphatic carbocycles. The molecule has 0 spiro atoms. The number of benzene rings is 3. The molecule has 4 rings (SSSR count). The van der Waals surface area contributed by atoms with E-state index in [1.807, 2.05) is 31.2 Å². The summed E-state index contributed by atoms with van der Waals surface area (Å²) < 4.78 is 36.1. The molecule has 9 heteroatoms. The first-order valence-corrected chi connectivity index (χ1v) is 12.8. The number of aromatic nitrogens is 2. The van der Waals surface area contributed by atoms with Crippen molar-refractivity contribution in [2.24, 2.45) is 0 Å². The summed E-state index contributed by atoms with van der Waals surface area (Å²) in [6.45, 7) is 4.19. The first-order valence-electron chi connectivity index (χ1n) is 11.0. The van der Waals surface area contributed by atoms with Crippen molar-refractivity contribution in [2.75, 3.05) is 20.3 Å². The van der Waals surface area contributed by atoms with Gasteiger partial charge in [-0.05, 0) is 43.5 Å². The monoisotopic (exact) mass is 499 g/mol. The standard InChI is InChI=1S/C25H26ClN3O4S/c1-4-28-24(27-22-16-19(26)12-13-21(22)25(28)30)17(2)29(14-15-33-3)34(31,32)23-11-7-9-18-8-5-6-10-20(18)23/h5-13,16-17H,4,14-15H2,1-3H3. The molecular formula is C25H26ClN3O4S. The molecule has 4 aromatic rings. The van der Waals surface area contributed by atoms with Crippen molar-refractivity contribution in [1.82, 2.24) is 13.9 Å². The third kappa shape index (κ3) is 4.34. The Morgan fingerprint density at radius 3 is 2.56 bits per heavy atom. The third-order valence-corrected chi connectivity index (χ3v) is 8.18. The van der Waals surface area contributed by atoms with Gasteiger partial charge in [0.2, 0.25) is 10.0 Å². The molecule has 0 radical (unpaired) electrons. The minimum atomic E-state index is -3.97. The van der Waals surface area contributed by atoms with Crippen molar-refractivity contribution in [3.05, 3.63) is 81.9 Å². The van der Waals surface area contributed by atoms with E-state index in [1.54, 1.807) is 43.3 Å². The van der Waals surface area contributed by atoms with Crippen LogP contribution in [0.1, 0.15) is 25.7 Å². The van der Waals surface area contributed by atoms with Gasteiger partial charge < -0.3 is 4.74 Å². The Morgan fingerprint density at radius 1 is 1.09 bits per heavy atom. The first kappa shape index (κ1) is 24.3. The highest BCUT2D eigenvalue weighted by Crippen LogP contribution is 2.31. The normalized spacial score (nSPS) is 13.1. The highest BCUT2D eigenvalue weighted by atomic mass is 35.5. The Balaban J connectivity index is 1.91. The van der Waals surface area contributed by atoms with E-state index in [1.165, 1.54) is 16.0 Å². The van der Waals surface area contributed by atoms with Gasteiger partial charge in [-0.25, -0.2) is 13.4 Å². The van der Waals surface area contributed by atoms with Gasteiger partial charge >= 0.3 is 0 Å². The lowest BCUT2D eigenvalue weighted by Crippen LogP contribution is -2.39. The largest absolute Gasteiger partial charge is 0.383 e. The number of hydrogen-bond acceptors (Lipinski definition) is 5. The van der Waals surface area contributed by atoms with Crippen LogP contribution in [-0.2, 0) is 21.3 Å². The number of methoxy groups -OCH3 is 1. The smallest absolute Gasteiger partial charge is 0.261 e. The molecule has 1 heterocycles. The van der Waals surface area contributed by atoms with Gasteiger partial charge in [0.05, 0.1) is 28.4 Å². The zero-order valence-electron chi connectivity index (χ0n) is 19.2. The summed E-state index contributed by atoms with van der Waals surface area (Å²) in [5.41, 5.74) is 0.193. The van der Waals surface area contributed by atoms with E-state index in [0.717, 1.165) is 5.39 Å². The fourth-order valence-electron chi connectivity index (χ4n) is 4.21. The maximum atomic E-state index is 14.0. The Hall–Kier alpha value is -2.78. The number of sulfonamides is 1. The predicted octanol–water partition coefficient (Wildman–Crippen LogP) is 4.62. The summed E-state index contributed by atoms with van der Waals surface area (Å²) in [5.74, 6) is 0.349. The van der Waals surface area contributed by atoms with Crippen molar-refractivity contribution in [3.8, 4) is 0 Å². The summed E-state index contributed by atoms with van der Waals surface area (Å²) in [4.78, 5) is 18.1. The van der Waals surface area contributed by atoms with Crippen LogP contribution >= 0.6 is 11.6 Å². The second-order valence-electron chi connectivity index (χ2n) is 7.94. The van der Waals surface area contributed by atoms with Gasteiger partial charge in [0.1, 0.15) is 5.82 Å². The Labute approximate surface area is 203 Å². The number of nitrogens with zero attached hydrogens (tertiary/aromatic N) is 3. The van der Waals surface area contributed by atoms with E-state index < -0.39 is 16.1 Å². The average Bonchev–Trinajstić information content (AvgIpc) is 2.83. The number of halogens is 1. The summed E-state index contributed by atoms with van der Waals surface area (Å²) in [5, 5.41) is 2.34. The Bertz CT molecular complexity index is 1510. The van der Waals surface area contributed by atoms with Gasteiger partial charge in [-0.2, -0.15) is 4.31 Å². The van der Waals surface area contributed by atoms with Crippen molar-refractivity contribution in [2.45, 2.75) is 31.3 Å². The molecule has 0 fully saturated rings. The lowest BCUT2D eigenvalue weighted by molar-refractivity contribution is 0.166. The third-order valence-electron chi connectivity index (χ3n) is 5.92. The van der Waals surface area contributed by atoms with Crippen LogP contribution in [0.4, 0.5) is 0 Å². The van der Waals surface area contributed by atoms with Crippen LogP contribution in [0.5, 0.6) is 0 Å². The quantitative estimate of drug-likeness (QED) is 0.353.